The number of anilines is 1. The van der Waals surface area contributed by atoms with Crippen LogP contribution in [0.5, 0.6) is 11.5 Å². The molecule has 116 valence electrons. The van der Waals surface area contributed by atoms with Gasteiger partial charge in [-0.25, -0.2) is 4.79 Å². The number of nitrogens with zero attached hydrogens (tertiary/aromatic N) is 1. The highest BCUT2D eigenvalue weighted by molar-refractivity contribution is 5.77. The number of carboxylic acids is 1. The van der Waals surface area contributed by atoms with Crippen LogP contribution in [0.25, 0.3) is 0 Å². The van der Waals surface area contributed by atoms with Crippen molar-refractivity contribution in [3.63, 3.8) is 0 Å². The van der Waals surface area contributed by atoms with Gasteiger partial charge in [0.1, 0.15) is 17.5 Å². The summed E-state index contributed by atoms with van der Waals surface area (Å²) in [6.07, 6.45) is 0.889. The van der Waals surface area contributed by atoms with E-state index >= 15 is 0 Å². The molecule has 0 spiro atoms. The van der Waals surface area contributed by atoms with Crippen molar-refractivity contribution in [1.29, 1.82) is 0 Å². The summed E-state index contributed by atoms with van der Waals surface area (Å²) >= 11 is 0. The highest BCUT2D eigenvalue weighted by atomic mass is 16.5. The van der Waals surface area contributed by atoms with Crippen molar-refractivity contribution in [2.75, 3.05) is 11.4 Å². The number of carboxylic acid groups (broad SMARTS) is 1. The first-order valence-corrected chi connectivity index (χ1v) is 7.44. The topological polar surface area (TPSA) is 49.8 Å². The molecule has 2 aromatic rings. The maximum absolute atomic E-state index is 11.2. The fourth-order valence-electron chi connectivity index (χ4n) is 2.25. The smallest absolute Gasteiger partial charge is 0.326 e. The predicted octanol–water partition coefficient (Wildman–Crippen LogP) is 4.17. The quantitative estimate of drug-likeness (QED) is 0.833. The second-order valence-corrected chi connectivity index (χ2v) is 5.12. The third-order valence-corrected chi connectivity index (χ3v) is 3.44. The summed E-state index contributed by atoms with van der Waals surface area (Å²) in [5, 5.41) is 9.22. The number of hydrogen-bond acceptors (Lipinski definition) is 3. The van der Waals surface area contributed by atoms with Crippen LogP contribution in [0.2, 0.25) is 0 Å². The van der Waals surface area contributed by atoms with E-state index in [2.05, 4.69) is 0 Å². The Morgan fingerprint density at radius 2 is 1.68 bits per heavy atom. The molecule has 1 atom stereocenters. The molecule has 4 nitrogen and oxygen atoms in total. The molecular weight excluding hydrogens is 278 g/mol. The predicted molar refractivity (Wildman–Crippen MR) is 87.7 cm³/mol. The molecule has 22 heavy (non-hydrogen) atoms. The molecular formula is C18H21NO3. The van der Waals surface area contributed by atoms with E-state index < -0.39 is 12.0 Å². The van der Waals surface area contributed by atoms with Crippen molar-refractivity contribution in [3.8, 4) is 11.5 Å². The van der Waals surface area contributed by atoms with Crippen LogP contribution >= 0.6 is 0 Å². The molecule has 0 heterocycles. The monoisotopic (exact) mass is 299 g/mol. The summed E-state index contributed by atoms with van der Waals surface area (Å²) < 4.78 is 5.75. The maximum Gasteiger partial charge on any atom is 0.326 e. The molecule has 2 aromatic carbocycles. The summed E-state index contributed by atoms with van der Waals surface area (Å²) in [7, 11) is 0. The summed E-state index contributed by atoms with van der Waals surface area (Å²) in [6, 6.07) is 16.5. The van der Waals surface area contributed by atoms with E-state index in [-0.39, 0.29) is 0 Å². The van der Waals surface area contributed by atoms with E-state index in [0.717, 1.165) is 23.6 Å². The first kappa shape index (κ1) is 15.9. The summed E-state index contributed by atoms with van der Waals surface area (Å²) in [4.78, 5) is 13.1. The fraction of sp³-hybridized carbons (Fsp3) is 0.278. The summed E-state index contributed by atoms with van der Waals surface area (Å²) in [5.74, 6) is 0.687. The molecule has 2 rings (SSSR count). The molecule has 0 radical (unpaired) electrons. The highest BCUT2D eigenvalue weighted by Crippen LogP contribution is 2.25. The molecule has 0 aliphatic heterocycles. The van der Waals surface area contributed by atoms with Gasteiger partial charge in [-0.3, -0.25) is 0 Å². The van der Waals surface area contributed by atoms with Gasteiger partial charge < -0.3 is 14.7 Å². The van der Waals surface area contributed by atoms with Gasteiger partial charge in [0.2, 0.25) is 0 Å². The van der Waals surface area contributed by atoms with Crippen molar-refractivity contribution in [2.45, 2.75) is 26.3 Å². The Balaban J connectivity index is 2.14. The molecule has 0 saturated heterocycles. The molecule has 4 heteroatoms. The summed E-state index contributed by atoms with van der Waals surface area (Å²) in [6.45, 7) is 4.44. The minimum atomic E-state index is -0.821. The zero-order valence-corrected chi connectivity index (χ0v) is 12.9. The Morgan fingerprint density at radius 3 is 2.23 bits per heavy atom. The van der Waals surface area contributed by atoms with E-state index in [1.165, 1.54) is 0 Å². The second-order valence-electron chi connectivity index (χ2n) is 5.12. The van der Waals surface area contributed by atoms with E-state index in [1.54, 1.807) is 6.92 Å². The van der Waals surface area contributed by atoms with E-state index in [0.29, 0.717) is 6.54 Å². The third-order valence-electron chi connectivity index (χ3n) is 3.44. The lowest BCUT2D eigenvalue weighted by Crippen LogP contribution is -2.39. The molecule has 1 N–H and O–H groups in total. The summed E-state index contributed by atoms with van der Waals surface area (Å²) in [5.41, 5.74) is 0.886. The zero-order chi connectivity index (χ0) is 15.9. The lowest BCUT2D eigenvalue weighted by Gasteiger charge is -2.28. The lowest BCUT2D eigenvalue weighted by molar-refractivity contribution is -0.138. The molecule has 0 aliphatic carbocycles. The minimum Gasteiger partial charge on any atom is -0.480 e. The van der Waals surface area contributed by atoms with Crippen LogP contribution in [0, 0.1) is 0 Å². The van der Waals surface area contributed by atoms with Gasteiger partial charge in [0.25, 0.3) is 0 Å². The number of para-hydroxylation sites is 1. The Kier molecular flexibility index (Phi) is 5.42. The Bertz CT molecular complexity index is 595. The largest absolute Gasteiger partial charge is 0.480 e. The molecule has 0 aromatic heterocycles. The Labute approximate surface area is 131 Å². The normalized spacial score (nSPS) is 11.7. The third kappa shape index (κ3) is 4.01. The molecule has 0 bridgehead atoms. The fourth-order valence-corrected chi connectivity index (χ4v) is 2.25. The van der Waals surface area contributed by atoms with Crippen molar-refractivity contribution >= 4 is 11.7 Å². The van der Waals surface area contributed by atoms with E-state index in [9.17, 15) is 9.90 Å². The van der Waals surface area contributed by atoms with Crippen LogP contribution in [0.15, 0.2) is 54.6 Å². The standard InChI is InChI=1S/C18H21NO3/c1-3-13-19(14(2)18(20)21)15-9-11-17(12-10-15)22-16-7-5-4-6-8-16/h4-12,14H,3,13H2,1-2H3,(H,20,21)/t14-/m0/s1. The zero-order valence-electron chi connectivity index (χ0n) is 12.9. The van der Waals surface area contributed by atoms with Gasteiger partial charge in [-0.1, -0.05) is 25.1 Å². The molecule has 0 saturated carbocycles. The van der Waals surface area contributed by atoms with Crippen LogP contribution in [0.1, 0.15) is 20.3 Å². The Hall–Kier alpha value is -2.49. The van der Waals surface area contributed by atoms with Crippen molar-refractivity contribution < 1.29 is 14.6 Å². The second kappa shape index (κ2) is 7.50. The Morgan fingerprint density at radius 1 is 1.09 bits per heavy atom. The number of benzene rings is 2. The van der Waals surface area contributed by atoms with Gasteiger partial charge in [0.05, 0.1) is 0 Å². The molecule has 0 amide bonds. The van der Waals surface area contributed by atoms with Crippen LogP contribution in [0.3, 0.4) is 0 Å². The van der Waals surface area contributed by atoms with Gasteiger partial charge in [-0.2, -0.15) is 0 Å². The van der Waals surface area contributed by atoms with Gasteiger partial charge >= 0.3 is 5.97 Å². The molecule has 0 aliphatic rings. The average molecular weight is 299 g/mol. The van der Waals surface area contributed by atoms with Crippen molar-refractivity contribution in [2.24, 2.45) is 0 Å². The first-order chi connectivity index (χ1) is 10.6. The van der Waals surface area contributed by atoms with Crippen molar-refractivity contribution in [3.05, 3.63) is 54.6 Å². The minimum absolute atomic E-state index is 0.555. The van der Waals surface area contributed by atoms with Crippen molar-refractivity contribution in [1.82, 2.24) is 0 Å². The average Bonchev–Trinajstić information content (AvgIpc) is 2.54. The van der Waals surface area contributed by atoms with Crippen LogP contribution < -0.4 is 9.64 Å². The maximum atomic E-state index is 11.2. The molecule has 0 unspecified atom stereocenters. The van der Waals surface area contributed by atoms with Gasteiger partial charge in [0, 0.05) is 12.2 Å². The van der Waals surface area contributed by atoms with Gasteiger partial charge in [-0.15, -0.1) is 0 Å². The number of rotatable bonds is 7. The van der Waals surface area contributed by atoms with E-state index in [4.69, 9.17) is 4.74 Å². The number of ether oxygens (including phenoxy) is 1. The number of aliphatic carboxylic acids is 1. The first-order valence-electron chi connectivity index (χ1n) is 7.44. The van der Waals surface area contributed by atoms with Gasteiger partial charge in [-0.05, 0) is 49.7 Å². The van der Waals surface area contributed by atoms with Crippen LogP contribution in [-0.4, -0.2) is 23.7 Å². The van der Waals surface area contributed by atoms with Crippen LogP contribution in [-0.2, 0) is 4.79 Å². The van der Waals surface area contributed by atoms with E-state index in [1.807, 2.05) is 66.4 Å². The van der Waals surface area contributed by atoms with Gasteiger partial charge in [0.15, 0.2) is 0 Å². The molecule has 0 fully saturated rings. The lowest BCUT2D eigenvalue weighted by atomic mass is 10.2. The number of carbonyl (C=O) groups is 1. The SMILES string of the molecule is CCCN(c1ccc(Oc2ccccc2)cc1)[C@@H](C)C(=O)O. The highest BCUT2D eigenvalue weighted by Gasteiger charge is 2.20. The number of hydrogen-bond donors (Lipinski definition) is 1. The van der Waals surface area contributed by atoms with Crippen LogP contribution in [0.4, 0.5) is 5.69 Å².